The van der Waals surface area contributed by atoms with E-state index < -0.39 is 24.2 Å². The summed E-state index contributed by atoms with van der Waals surface area (Å²) in [5.74, 6) is -0.520. The molecule has 3 unspecified atom stereocenters. The van der Waals surface area contributed by atoms with Crippen LogP contribution in [-0.4, -0.2) is 46.1 Å². The molecule has 0 bridgehead atoms. The number of hydrogen-bond donors (Lipinski definition) is 4. The number of aliphatic hydroxyl groups excluding tert-OH is 3. The van der Waals surface area contributed by atoms with Gasteiger partial charge in [-0.2, -0.15) is 0 Å². The lowest BCUT2D eigenvalue weighted by Gasteiger charge is -2.21. The second-order valence-electron chi connectivity index (χ2n) is 15.9. The lowest BCUT2D eigenvalue weighted by atomic mass is 10.0. The third-order valence-electron chi connectivity index (χ3n) is 10.6. The molecule has 0 saturated carbocycles. The second-order valence-corrected chi connectivity index (χ2v) is 15.9. The van der Waals surface area contributed by atoms with Gasteiger partial charge in [-0.3, -0.25) is 4.79 Å². The minimum atomic E-state index is -1.11. The molecular formula is C49H91NO4. The molecular weight excluding hydrogens is 667 g/mol. The zero-order chi connectivity index (χ0) is 39.4. The highest BCUT2D eigenvalue weighted by atomic mass is 16.3. The van der Waals surface area contributed by atoms with E-state index in [1.54, 1.807) is 6.08 Å². The summed E-state index contributed by atoms with van der Waals surface area (Å²) < 4.78 is 0. The molecule has 0 heterocycles. The molecule has 0 rings (SSSR count). The summed E-state index contributed by atoms with van der Waals surface area (Å²) in [4.78, 5) is 12.5. The average molecular weight is 758 g/mol. The van der Waals surface area contributed by atoms with E-state index in [1.807, 2.05) is 6.08 Å². The molecule has 5 heteroatoms. The van der Waals surface area contributed by atoms with E-state index in [0.29, 0.717) is 6.42 Å². The molecule has 0 aromatic heterocycles. The molecule has 4 N–H and O–H groups in total. The average Bonchev–Trinajstić information content (AvgIpc) is 3.18. The van der Waals surface area contributed by atoms with Crippen molar-refractivity contribution in [2.75, 3.05) is 6.61 Å². The lowest BCUT2D eigenvalue weighted by molar-refractivity contribution is -0.131. The maximum atomic E-state index is 12.5. The van der Waals surface area contributed by atoms with Crippen LogP contribution in [0, 0.1) is 0 Å². The van der Waals surface area contributed by atoms with Gasteiger partial charge in [-0.15, -0.1) is 0 Å². The van der Waals surface area contributed by atoms with Crippen LogP contribution in [0.3, 0.4) is 0 Å². The maximum absolute atomic E-state index is 12.5. The summed E-state index contributed by atoms with van der Waals surface area (Å²) in [5.41, 5.74) is 0. The van der Waals surface area contributed by atoms with Crippen LogP contribution < -0.4 is 5.32 Å². The number of carbonyl (C=O) groups is 1. The first kappa shape index (κ1) is 52.3. The molecule has 316 valence electrons. The van der Waals surface area contributed by atoms with E-state index in [1.165, 1.54) is 167 Å². The largest absolute Gasteiger partial charge is 0.394 e. The summed E-state index contributed by atoms with van der Waals surface area (Å²) in [6, 6.07) is -0.822. The van der Waals surface area contributed by atoms with E-state index in [2.05, 4.69) is 55.6 Å². The van der Waals surface area contributed by atoms with Crippen molar-refractivity contribution in [2.24, 2.45) is 0 Å². The molecule has 0 aromatic rings. The Balaban J connectivity index is 3.69. The Kier molecular flexibility index (Phi) is 42.7. The molecule has 1 amide bonds. The molecule has 3 atom stereocenters. The van der Waals surface area contributed by atoms with Gasteiger partial charge in [-0.1, -0.05) is 210 Å². The molecule has 0 spiro atoms. The van der Waals surface area contributed by atoms with Crippen molar-refractivity contribution in [1.29, 1.82) is 0 Å². The van der Waals surface area contributed by atoms with Crippen molar-refractivity contribution in [3.05, 3.63) is 48.6 Å². The number of carbonyl (C=O) groups excluding carboxylic acids is 1. The Bertz CT molecular complexity index is 881. The van der Waals surface area contributed by atoms with Gasteiger partial charge < -0.3 is 20.6 Å². The van der Waals surface area contributed by atoms with Gasteiger partial charge in [-0.05, 0) is 70.6 Å². The lowest BCUT2D eigenvalue weighted by Crippen LogP contribution is -2.48. The van der Waals surface area contributed by atoms with Gasteiger partial charge in [0.1, 0.15) is 6.10 Å². The summed E-state index contributed by atoms with van der Waals surface area (Å²) in [6.45, 7) is 4.16. The number of nitrogens with one attached hydrogen (secondary N) is 1. The Morgan fingerprint density at radius 1 is 0.444 bits per heavy atom. The molecule has 0 radical (unpaired) electrons. The minimum Gasteiger partial charge on any atom is -0.394 e. The van der Waals surface area contributed by atoms with Crippen LogP contribution in [0.4, 0.5) is 0 Å². The number of hydrogen-bond acceptors (Lipinski definition) is 4. The standard InChI is InChI=1S/C49H91NO4/c1-3-5-7-9-11-13-15-17-19-21-22-23-24-25-26-27-28-30-32-34-36-38-40-42-44-48(53)49(54)50-46(45-51)47(52)43-41-39-37-35-33-31-29-20-18-16-14-12-10-8-6-4-2/h18,20,25-26,33,35,41,43,46-48,51-53H,3-17,19,21-24,27-32,34,36-40,42,44-45H2,1-2H3,(H,50,54)/b20-18+,26-25-,35-33+,43-41+. The fraction of sp³-hybridized carbons (Fsp3) is 0.816. The third-order valence-corrected chi connectivity index (χ3v) is 10.6. The van der Waals surface area contributed by atoms with Crippen LogP contribution >= 0.6 is 0 Å². The van der Waals surface area contributed by atoms with Crippen molar-refractivity contribution in [3.63, 3.8) is 0 Å². The van der Waals surface area contributed by atoms with Crippen molar-refractivity contribution in [3.8, 4) is 0 Å². The zero-order valence-corrected chi connectivity index (χ0v) is 35.8. The SMILES string of the molecule is CCCCCCCC/C=C/CC/C=C/CC/C=C/C(O)C(CO)NC(=O)C(O)CCCCCCCCCC/C=C\CCCCCCCCCCCCCC. The van der Waals surface area contributed by atoms with Gasteiger partial charge in [0.05, 0.1) is 18.8 Å². The summed E-state index contributed by atoms with van der Waals surface area (Å²) >= 11 is 0. The number of aliphatic hydroxyl groups is 3. The molecule has 0 aromatic carbocycles. The predicted molar refractivity (Wildman–Crippen MR) is 236 cm³/mol. The second kappa shape index (κ2) is 44.0. The monoisotopic (exact) mass is 758 g/mol. The molecule has 0 aliphatic rings. The molecule has 0 aliphatic carbocycles. The van der Waals surface area contributed by atoms with E-state index >= 15 is 0 Å². The first-order valence-corrected chi connectivity index (χ1v) is 23.5. The van der Waals surface area contributed by atoms with Crippen molar-refractivity contribution in [2.45, 2.75) is 250 Å². The molecule has 0 saturated heterocycles. The summed E-state index contributed by atoms with van der Waals surface area (Å²) in [5, 5.41) is 33.1. The zero-order valence-electron chi connectivity index (χ0n) is 35.8. The van der Waals surface area contributed by atoms with E-state index in [9.17, 15) is 20.1 Å². The minimum absolute atomic E-state index is 0.383. The van der Waals surface area contributed by atoms with Gasteiger partial charge in [0, 0.05) is 0 Å². The molecule has 0 aliphatic heterocycles. The van der Waals surface area contributed by atoms with Gasteiger partial charge in [0.25, 0.3) is 0 Å². The Morgan fingerprint density at radius 2 is 0.759 bits per heavy atom. The highest BCUT2D eigenvalue weighted by Gasteiger charge is 2.22. The van der Waals surface area contributed by atoms with E-state index in [-0.39, 0.29) is 6.61 Å². The highest BCUT2D eigenvalue weighted by Crippen LogP contribution is 2.15. The Hall–Kier alpha value is -1.69. The highest BCUT2D eigenvalue weighted by molar-refractivity contribution is 5.80. The fourth-order valence-corrected chi connectivity index (χ4v) is 6.92. The molecule has 54 heavy (non-hydrogen) atoms. The topological polar surface area (TPSA) is 89.8 Å². The van der Waals surface area contributed by atoms with Crippen LogP contribution in [-0.2, 0) is 4.79 Å². The number of amides is 1. The number of unbranched alkanes of at least 4 members (excludes halogenated alkanes) is 28. The van der Waals surface area contributed by atoms with Crippen LogP contribution in [0.15, 0.2) is 48.6 Å². The first-order chi connectivity index (χ1) is 26.6. The molecule has 5 nitrogen and oxygen atoms in total. The number of allylic oxidation sites excluding steroid dienone is 7. The van der Waals surface area contributed by atoms with Gasteiger partial charge >= 0.3 is 0 Å². The normalized spacial score (nSPS) is 13.9. The third kappa shape index (κ3) is 38.6. The van der Waals surface area contributed by atoms with Crippen LogP contribution in [0.2, 0.25) is 0 Å². The van der Waals surface area contributed by atoms with E-state index in [0.717, 1.165) is 44.9 Å². The summed E-state index contributed by atoms with van der Waals surface area (Å²) in [7, 11) is 0. The van der Waals surface area contributed by atoms with Crippen molar-refractivity contribution >= 4 is 5.91 Å². The number of rotatable bonds is 42. The van der Waals surface area contributed by atoms with Gasteiger partial charge in [0.15, 0.2) is 0 Å². The summed E-state index contributed by atoms with van der Waals surface area (Å²) in [6.07, 6.45) is 57.2. The van der Waals surface area contributed by atoms with Gasteiger partial charge in [-0.25, -0.2) is 0 Å². The van der Waals surface area contributed by atoms with Crippen molar-refractivity contribution in [1.82, 2.24) is 5.32 Å². The van der Waals surface area contributed by atoms with Crippen LogP contribution in [0.25, 0.3) is 0 Å². The Morgan fingerprint density at radius 3 is 1.13 bits per heavy atom. The Labute approximate surface area is 336 Å². The fourth-order valence-electron chi connectivity index (χ4n) is 6.92. The van der Waals surface area contributed by atoms with Crippen LogP contribution in [0.5, 0.6) is 0 Å². The maximum Gasteiger partial charge on any atom is 0.249 e. The van der Waals surface area contributed by atoms with Crippen LogP contribution in [0.1, 0.15) is 232 Å². The molecule has 0 fully saturated rings. The smallest absolute Gasteiger partial charge is 0.249 e. The van der Waals surface area contributed by atoms with Crippen molar-refractivity contribution < 1.29 is 20.1 Å². The van der Waals surface area contributed by atoms with E-state index in [4.69, 9.17) is 0 Å². The van der Waals surface area contributed by atoms with Gasteiger partial charge in [0.2, 0.25) is 5.91 Å². The predicted octanol–water partition coefficient (Wildman–Crippen LogP) is 13.7. The first-order valence-electron chi connectivity index (χ1n) is 23.5. The quantitative estimate of drug-likeness (QED) is 0.0369.